The van der Waals surface area contributed by atoms with Crippen molar-refractivity contribution in [3.8, 4) is 0 Å². The van der Waals surface area contributed by atoms with Gasteiger partial charge in [0.2, 0.25) is 5.91 Å². The maximum atomic E-state index is 13.4. The Balaban J connectivity index is 1.42. The highest BCUT2D eigenvalue weighted by atomic mass is 32.2. The molecule has 0 aromatic heterocycles. The Morgan fingerprint density at radius 1 is 0.938 bits per heavy atom. The van der Waals surface area contributed by atoms with Gasteiger partial charge in [-0.1, -0.05) is 48.5 Å². The molecule has 4 rings (SSSR count). The van der Waals surface area contributed by atoms with E-state index in [1.54, 1.807) is 29.2 Å². The summed E-state index contributed by atoms with van der Waals surface area (Å²) in [6.07, 6.45) is 1.08. The Hall–Kier alpha value is -2.71. The molecule has 170 valence electrons. The Morgan fingerprint density at radius 2 is 1.56 bits per heavy atom. The molecule has 0 bridgehead atoms. The lowest BCUT2D eigenvalue weighted by Crippen LogP contribution is -2.57. The van der Waals surface area contributed by atoms with Crippen LogP contribution >= 0.6 is 0 Å². The predicted octanol–water partition coefficient (Wildman–Crippen LogP) is 1.36. The zero-order valence-electron chi connectivity index (χ0n) is 18.0. The summed E-state index contributed by atoms with van der Waals surface area (Å²) in [5.74, 6) is 0.0955. The number of hydrogen-bond acceptors (Lipinski definition) is 5. The highest BCUT2D eigenvalue weighted by Gasteiger charge is 2.35. The number of nitrogens with one attached hydrogen (secondary N) is 1. The quantitative estimate of drug-likeness (QED) is 0.711. The Bertz CT molecular complexity index is 1040. The Labute approximate surface area is 189 Å². The summed E-state index contributed by atoms with van der Waals surface area (Å²) in [5.41, 5.74) is 1.50. The number of carbonyl (C=O) groups excluding carboxylic acids is 2. The number of rotatable bonds is 6. The Kier molecular flexibility index (Phi) is 6.91. The third-order valence-electron chi connectivity index (χ3n) is 6.27. The third kappa shape index (κ3) is 5.55. The van der Waals surface area contributed by atoms with Crippen LogP contribution in [-0.2, 0) is 21.1 Å². The molecule has 8 heteroatoms. The van der Waals surface area contributed by atoms with Crippen LogP contribution in [0, 0.1) is 0 Å². The third-order valence-corrected chi connectivity index (χ3v) is 8.02. The van der Waals surface area contributed by atoms with Crippen LogP contribution in [0.4, 0.5) is 0 Å². The van der Waals surface area contributed by atoms with E-state index in [9.17, 15) is 18.0 Å². The minimum atomic E-state index is -2.93. The maximum Gasteiger partial charge on any atom is 0.251 e. The summed E-state index contributed by atoms with van der Waals surface area (Å²) in [4.78, 5) is 30.1. The number of sulfone groups is 1. The summed E-state index contributed by atoms with van der Waals surface area (Å²) >= 11 is 0. The fourth-order valence-corrected chi connectivity index (χ4v) is 6.23. The molecule has 0 saturated carbocycles. The first-order valence-corrected chi connectivity index (χ1v) is 12.9. The van der Waals surface area contributed by atoms with Gasteiger partial charge in [0.1, 0.15) is 6.04 Å². The van der Waals surface area contributed by atoms with E-state index in [0.29, 0.717) is 44.6 Å². The lowest BCUT2D eigenvalue weighted by Gasteiger charge is -2.39. The first-order chi connectivity index (χ1) is 15.4. The van der Waals surface area contributed by atoms with Crippen LogP contribution in [0.5, 0.6) is 0 Å². The van der Waals surface area contributed by atoms with Crippen LogP contribution < -0.4 is 5.32 Å². The first-order valence-electron chi connectivity index (χ1n) is 11.0. The van der Waals surface area contributed by atoms with Gasteiger partial charge in [0, 0.05) is 44.2 Å². The van der Waals surface area contributed by atoms with Crippen molar-refractivity contribution in [1.29, 1.82) is 0 Å². The molecule has 1 N–H and O–H groups in total. The molecule has 2 aliphatic heterocycles. The molecule has 2 amide bonds. The Morgan fingerprint density at radius 3 is 2.16 bits per heavy atom. The van der Waals surface area contributed by atoms with E-state index in [-0.39, 0.29) is 29.4 Å². The molecule has 0 radical (unpaired) electrons. The lowest BCUT2D eigenvalue weighted by atomic mass is 10.0. The SMILES string of the molecule is O=C(N[C@H](Cc1ccccc1)C(=O)N1CCN([C@@H]2CCS(=O)(=O)C2)CC1)c1ccccc1. The van der Waals surface area contributed by atoms with E-state index in [1.807, 2.05) is 36.4 Å². The normalized spacial score (nSPS) is 21.8. The number of benzene rings is 2. The fraction of sp³-hybridized carbons (Fsp3) is 0.417. The number of carbonyl (C=O) groups is 2. The van der Waals surface area contributed by atoms with Gasteiger partial charge in [0.25, 0.3) is 5.91 Å². The topological polar surface area (TPSA) is 86.8 Å². The van der Waals surface area contributed by atoms with Gasteiger partial charge >= 0.3 is 0 Å². The molecule has 2 atom stereocenters. The van der Waals surface area contributed by atoms with E-state index < -0.39 is 15.9 Å². The van der Waals surface area contributed by atoms with Crippen molar-refractivity contribution >= 4 is 21.7 Å². The van der Waals surface area contributed by atoms with Crippen molar-refractivity contribution in [3.63, 3.8) is 0 Å². The first kappa shape index (κ1) is 22.5. The van der Waals surface area contributed by atoms with Crippen molar-refractivity contribution in [2.24, 2.45) is 0 Å². The molecule has 2 aromatic carbocycles. The highest BCUT2D eigenvalue weighted by Crippen LogP contribution is 2.20. The largest absolute Gasteiger partial charge is 0.340 e. The standard InChI is InChI=1S/C24H29N3O4S/c28-23(20-9-5-2-6-10-20)25-22(17-19-7-3-1-4-8-19)24(29)27-14-12-26(13-15-27)21-11-16-32(30,31)18-21/h1-10,21-22H,11-18H2,(H,25,28)/t21-,22-/m1/s1. The minimum Gasteiger partial charge on any atom is -0.340 e. The molecular formula is C24H29N3O4S. The minimum absolute atomic E-state index is 0.0511. The molecule has 32 heavy (non-hydrogen) atoms. The second-order valence-corrected chi connectivity index (χ2v) is 10.7. The summed E-state index contributed by atoms with van der Waals surface area (Å²) in [7, 11) is -2.93. The predicted molar refractivity (Wildman–Crippen MR) is 123 cm³/mol. The van der Waals surface area contributed by atoms with E-state index >= 15 is 0 Å². The molecule has 2 aromatic rings. The van der Waals surface area contributed by atoms with E-state index in [4.69, 9.17) is 0 Å². The van der Waals surface area contributed by atoms with Gasteiger partial charge in [-0.05, 0) is 24.1 Å². The smallest absolute Gasteiger partial charge is 0.251 e. The van der Waals surface area contributed by atoms with Gasteiger partial charge in [0.15, 0.2) is 9.84 Å². The van der Waals surface area contributed by atoms with Gasteiger partial charge in [0.05, 0.1) is 11.5 Å². The average Bonchev–Trinajstić information content (AvgIpc) is 3.19. The van der Waals surface area contributed by atoms with Crippen LogP contribution in [0.2, 0.25) is 0 Å². The summed E-state index contributed by atoms with van der Waals surface area (Å²) in [6.45, 7) is 2.36. The zero-order chi connectivity index (χ0) is 22.6. The van der Waals surface area contributed by atoms with Crippen LogP contribution in [0.3, 0.4) is 0 Å². The van der Waals surface area contributed by atoms with Crippen molar-refractivity contribution < 1.29 is 18.0 Å². The fourth-order valence-electron chi connectivity index (χ4n) is 4.47. The molecular weight excluding hydrogens is 426 g/mol. The van der Waals surface area contributed by atoms with Crippen molar-refractivity contribution in [2.45, 2.75) is 24.9 Å². The van der Waals surface area contributed by atoms with Crippen LogP contribution in [0.15, 0.2) is 60.7 Å². The molecule has 2 fully saturated rings. The summed E-state index contributed by atoms with van der Waals surface area (Å²) in [5, 5.41) is 2.93. The summed E-state index contributed by atoms with van der Waals surface area (Å²) < 4.78 is 23.6. The number of amides is 2. The van der Waals surface area contributed by atoms with E-state index in [0.717, 1.165) is 5.56 Å². The molecule has 7 nitrogen and oxygen atoms in total. The second kappa shape index (κ2) is 9.83. The highest BCUT2D eigenvalue weighted by molar-refractivity contribution is 7.91. The summed E-state index contributed by atoms with van der Waals surface area (Å²) in [6, 6.07) is 18.0. The zero-order valence-corrected chi connectivity index (χ0v) is 18.8. The molecule has 0 aliphatic carbocycles. The molecule has 0 unspecified atom stereocenters. The van der Waals surface area contributed by atoms with Crippen LogP contribution in [0.25, 0.3) is 0 Å². The van der Waals surface area contributed by atoms with E-state index in [1.165, 1.54) is 0 Å². The average molecular weight is 456 g/mol. The number of nitrogens with zero attached hydrogens (tertiary/aromatic N) is 2. The maximum absolute atomic E-state index is 13.4. The monoisotopic (exact) mass is 455 g/mol. The van der Waals surface area contributed by atoms with Crippen molar-refractivity contribution in [3.05, 3.63) is 71.8 Å². The van der Waals surface area contributed by atoms with Gasteiger partial charge in [-0.25, -0.2) is 8.42 Å². The van der Waals surface area contributed by atoms with Crippen molar-refractivity contribution in [1.82, 2.24) is 15.1 Å². The number of hydrogen-bond donors (Lipinski definition) is 1. The molecule has 0 spiro atoms. The van der Waals surface area contributed by atoms with Crippen LogP contribution in [0.1, 0.15) is 22.3 Å². The lowest BCUT2D eigenvalue weighted by molar-refractivity contribution is -0.135. The van der Waals surface area contributed by atoms with Crippen molar-refractivity contribution in [2.75, 3.05) is 37.7 Å². The van der Waals surface area contributed by atoms with Gasteiger partial charge in [-0.15, -0.1) is 0 Å². The van der Waals surface area contributed by atoms with Gasteiger partial charge in [-0.2, -0.15) is 0 Å². The van der Waals surface area contributed by atoms with Gasteiger partial charge in [-0.3, -0.25) is 14.5 Å². The van der Waals surface area contributed by atoms with Gasteiger partial charge < -0.3 is 10.2 Å². The molecule has 2 saturated heterocycles. The second-order valence-electron chi connectivity index (χ2n) is 8.50. The molecule has 2 aliphatic rings. The number of piperazine rings is 1. The van der Waals surface area contributed by atoms with Crippen LogP contribution in [-0.4, -0.2) is 79.8 Å². The molecule has 2 heterocycles. The van der Waals surface area contributed by atoms with E-state index in [2.05, 4.69) is 10.2 Å².